The molecule has 1 fully saturated rings. The zero-order valence-corrected chi connectivity index (χ0v) is 13.4. The smallest absolute Gasteiger partial charge is 0.341 e. The van der Waals surface area contributed by atoms with E-state index in [-0.39, 0.29) is 11.3 Å². The number of hydrogen-bond donors (Lipinski definition) is 2. The second-order valence-electron chi connectivity index (χ2n) is 6.24. The summed E-state index contributed by atoms with van der Waals surface area (Å²) in [6, 6.07) is 7.16. The quantitative estimate of drug-likeness (QED) is 0.889. The Bertz CT molecular complexity index is 853. The van der Waals surface area contributed by atoms with Crippen LogP contribution in [0.25, 0.3) is 0 Å². The first-order valence-electron chi connectivity index (χ1n) is 7.74. The minimum atomic E-state index is -4.25. The van der Waals surface area contributed by atoms with Gasteiger partial charge in [-0.1, -0.05) is 24.3 Å². The fraction of sp³-hybridized carbons (Fsp3) is 0.353. The summed E-state index contributed by atoms with van der Waals surface area (Å²) in [6.45, 7) is 1.57. The van der Waals surface area contributed by atoms with Crippen molar-refractivity contribution in [3.05, 3.63) is 63.3 Å². The number of nitrogens with zero attached hydrogens (tertiary/aromatic N) is 1. The second kappa shape index (κ2) is 6.02. The van der Waals surface area contributed by atoms with Gasteiger partial charge in [-0.2, -0.15) is 13.2 Å². The van der Waals surface area contributed by atoms with Crippen LogP contribution in [0.4, 0.5) is 13.2 Å². The Morgan fingerprint density at radius 2 is 1.92 bits per heavy atom. The fourth-order valence-electron chi connectivity index (χ4n) is 2.76. The normalized spacial score (nSPS) is 15.7. The van der Waals surface area contributed by atoms with Crippen molar-refractivity contribution in [3.63, 3.8) is 0 Å². The number of aromatic nitrogens is 2. The van der Waals surface area contributed by atoms with E-state index in [1.165, 1.54) is 12.1 Å². The molecular formula is C17H16F3N3O2. The van der Waals surface area contributed by atoms with Crippen LogP contribution in [-0.4, -0.2) is 22.1 Å². The number of aromatic amines is 1. The summed E-state index contributed by atoms with van der Waals surface area (Å²) in [7, 11) is 0. The van der Waals surface area contributed by atoms with E-state index in [9.17, 15) is 22.8 Å². The molecule has 1 aliphatic carbocycles. The Morgan fingerprint density at radius 3 is 2.44 bits per heavy atom. The van der Waals surface area contributed by atoms with Crippen molar-refractivity contribution in [3.8, 4) is 0 Å². The van der Waals surface area contributed by atoms with E-state index in [2.05, 4.69) is 15.3 Å². The maximum absolute atomic E-state index is 12.4. The van der Waals surface area contributed by atoms with Crippen molar-refractivity contribution >= 4 is 5.91 Å². The number of nitrogens with one attached hydrogen (secondary N) is 2. The topological polar surface area (TPSA) is 74.8 Å². The molecule has 0 bridgehead atoms. The number of halogens is 3. The third-order valence-electron chi connectivity index (χ3n) is 4.11. The van der Waals surface area contributed by atoms with E-state index < -0.39 is 29.6 Å². The number of carbonyl (C=O) groups excluding carboxylic acids is 1. The van der Waals surface area contributed by atoms with Gasteiger partial charge in [0.2, 0.25) is 0 Å². The van der Waals surface area contributed by atoms with Gasteiger partial charge in [-0.15, -0.1) is 0 Å². The van der Waals surface area contributed by atoms with Crippen LogP contribution in [0.1, 0.15) is 40.3 Å². The highest BCUT2D eigenvalue weighted by molar-refractivity contribution is 5.93. The Balaban J connectivity index is 1.76. The minimum absolute atomic E-state index is 0.0150. The fourth-order valence-corrected chi connectivity index (χ4v) is 2.76. The third kappa shape index (κ3) is 4.07. The number of hydrogen-bond acceptors (Lipinski definition) is 3. The lowest BCUT2D eigenvalue weighted by atomic mass is 10.0. The molecule has 0 radical (unpaired) electrons. The molecule has 1 aromatic heterocycles. The van der Waals surface area contributed by atoms with Crippen LogP contribution in [0.2, 0.25) is 0 Å². The molecule has 132 valence electrons. The van der Waals surface area contributed by atoms with Gasteiger partial charge in [0.25, 0.3) is 11.5 Å². The first kappa shape index (κ1) is 17.2. The Morgan fingerprint density at radius 1 is 1.28 bits per heavy atom. The monoisotopic (exact) mass is 351 g/mol. The summed E-state index contributed by atoms with van der Waals surface area (Å²) in [6.07, 6.45) is -3.88. The Hall–Kier alpha value is -2.64. The number of rotatable bonds is 4. The molecule has 25 heavy (non-hydrogen) atoms. The molecule has 1 aliphatic rings. The summed E-state index contributed by atoms with van der Waals surface area (Å²) in [4.78, 5) is 30.3. The van der Waals surface area contributed by atoms with Crippen LogP contribution >= 0.6 is 0 Å². The average molecular weight is 351 g/mol. The van der Waals surface area contributed by atoms with Crippen molar-refractivity contribution in [2.45, 2.75) is 37.9 Å². The van der Waals surface area contributed by atoms with Crippen LogP contribution in [-0.2, 0) is 12.0 Å². The number of H-pyrrole nitrogens is 1. The Labute approximate surface area is 141 Å². The maximum atomic E-state index is 12.4. The van der Waals surface area contributed by atoms with Gasteiger partial charge >= 0.3 is 6.18 Å². The molecule has 2 N–H and O–H groups in total. The lowest BCUT2D eigenvalue weighted by Gasteiger charge is -2.18. The van der Waals surface area contributed by atoms with Crippen LogP contribution < -0.4 is 10.9 Å². The average Bonchev–Trinajstić information content (AvgIpc) is 3.26. The lowest BCUT2D eigenvalue weighted by Crippen LogP contribution is -2.36. The molecule has 1 saturated carbocycles. The molecule has 0 saturated heterocycles. The first-order valence-corrected chi connectivity index (χ1v) is 7.74. The van der Waals surface area contributed by atoms with E-state index in [4.69, 9.17) is 0 Å². The molecule has 1 amide bonds. The van der Waals surface area contributed by atoms with E-state index in [0.29, 0.717) is 18.7 Å². The van der Waals surface area contributed by atoms with Crippen molar-refractivity contribution < 1.29 is 18.0 Å². The SMILES string of the molecule is Cc1nc(C(=O)NC2(c3ccc(CC(F)(F)F)cc3)CC2)cc(=O)[nH]1. The highest BCUT2D eigenvalue weighted by Gasteiger charge is 2.46. The first-order chi connectivity index (χ1) is 11.7. The Kier molecular flexibility index (Phi) is 4.14. The second-order valence-corrected chi connectivity index (χ2v) is 6.24. The number of aryl methyl sites for hydroxylation is 1. The van der Waals surface area contributed by atoms with Crippen LogP contribution in [0, 0.1) is 6.92 Å². The summed E-state index contributed by atoms with van der Waals surface area (Å²) in [5, 5.41) is 2.85. The molecular weight excluding hydrogens is 335 g/mol. The summed E-state index contributed by atoms with van der Waals surface area (Å²) < 4.78 is 37.3. The molecule has 0 unspecified atom stereocenters. The third-order valence-corrected chi connectivity index (χ3v) is 4.11. The largest absolute Gasteiger partial charge is 0.393 e. The van der Waals surface area contributed by atoms with Gasteiger partial charge in [0.1, 0.15) is 11.5 Å². The van der Waals surface area contributed by atoms with E-state index in [0.717, 1.165) is 11.6 Å². The van der Waals surface area contributed by atoms with E-state index in [1.54, 1.807) is 19.1 Å². The van der Waals surface area contributed by atoms with Crippen LogP contribution in [0.3, 0.4) is 0 Å². The predicted molar refractivity (Wildman–Crippen MR) is 84.2 cm³/mol. The highest BCUT2D eigenvalue weighted by atomic mass is 19.4. The van der Waals surface area contributed by atoms with Gasteiger partial charge in [0.15, 0.2) is 0 Å². The van der Waals surface area contributed by atoms with Gasteiger partial charge in [0, 0.05) is 6.07 Å². The summed E-state index contributed by atoms with van der Waals surface area (Å²) in [5.74, 6) is -0.148. The van der Waals surface area contributed by atoms with Crippen LogP contribution in [0.5, 0.6) is 0 Å². The lowest BCUT2D eigenvalue weighted by molar-refractivity contribution is -0.127. The van der Waals surface area contributed by atoms with Crippen molar-refractivity contribution in [1.29, 1.82) is 0 Å². The van der Waals surface area contributed by atoms with Crippen molar-refractivity contribution in [2.75, 3.05) is 0 Å². The van der Waals surface area contributed by atoms with Crippen molar-refractivity contribution in [1.82, 2.24) is 15.3 Å². The molecule has 5 nitrogen and oxygen atoms in total. The molecule has 1 heterocycles. The molecule has 3 rings (SSSR count). The molecule has 0 spiro atoms. The predicted octanol–water partition coefficient (Wildman–Crippen LogP) is 2.60. The van der Waals surface area contributed by atoms with Gasteiger partial charge in [-0.25, -0.2) is 4.98 Å². The number of alkyl halides is 3. The van der Waals surface area contributed by atoms with E-state index in [1.807, 2.05) is 0 Å². The maximum Gasteiger partial charge on any atom is 0.393 e. The zero-order valence-electron chi connectivity index (χ0n) is 13.4. The molecule has 0 atom stereocenters. The zero-order chi connectivity index (χ0) is 18.2. The number of carbonyl (C=O) groups is 1. The highest BCUT2D eigenvalue weighted by Crippen LogP contribution is 2.45. The van der Waals surface area contributed by atoms with Crippen LogP contribution in [0.15, 0.2) is 35.1 Å². The molecule has 8 heteroatoms. The molecule has 2 aromatic rings. The molecule has 0 aliphatic heterocycles. The van der Waals surface area contributed by atoms with E-state index >= 15 is 0 Å². The van der Waals surface area contributed by atoms with Gasteiger partial charge in [-0.3, -0.25) is 9.59 Å². The van der Waals surface area contributed by atoms with Gasteiger partial charge in [0.05, 0.1) is 12.0 Å². The van der Waals surface area contributed by atoms with Gasteiger partial charge < -0.3 is 10.3 Å². The minimum Gasteiger partial charge on any atom is -0.341 e. The van der Waals surface area contributed by atoms with Gasteiger partial charge in [-0.05, 0) is 30.9 Å². The summed E-state index contributed by atoms with van der Waals surface area (Å²) in [5.41, 5.74) is -0.0923. The van der Waals surface area contributed by atoms with Crippen molar-refractivity contribution in [2.24, 2.45) is 0 Å². The number of amides is 1. The molecule has 1 aromatic carbocycles. The standard InChI is InChI=1S/C17H16F3N3O2/c1-10-21-13(8-14(24)22-10)15(25)23-16(6-7-16)12-4-2-11(3-5-12)9-17(18,19)20/h2-5,8H,6-7,9H2,1H3,(H,23,25)(H,21,22,24). The summed E-state index contributed by atoms with van der Waals surface area (Å²) >= 11 is 0. The number of benzene rings is 1.